The molecule has 35 heavy (non-hydrogen) atoms. The number of rotatable bonds is 12. The molecule has 1 N–H and O–H groups in total. The van der Waals surface area contributed by atoms with Gasteiger partial charge in [-0.05, 0) is 56.5 Å². The zero-order valence-corrected chi connectivity index (χ0v) is 22.8. The van der Waals surface area contributed by atoms with Gasteiger partial charge in [0.1, 0.15) is 6.04 Å². The molecule has 2 amide bonds. The van der Waals surface area contributed by atoms with Gasteiger partial charge in [-0.3, -0.25) is 13.9 Å². The van der Waals surface area contributed by atoms with E-state index in [4.69, 9.17) is 23.2 Å². The lowest BCUT2D eigenvalue weighted by Gasteiger charge is -2.32. The molecule has 2 aromatic carbocycles. The van der Waals surface area contributed by atoms with Gasteiger partial charge in [-0.15, -0.1) is 0 Å². The van der Waals surface area contributed by atoms with E-state index in [0.29, 0.717) is 22.2 Å². The second kappa shape index (κ2) is 13.1. The predicted octanol–water partition coefficient (Wildman–Crippen LogP) is 4.87. The van der Waals surface area contributed by atoms with Crippen molar-refractivity contribution in [2.45, 2.75) is 58.7 Å². The summed E-state index contributed by atoms with van der Waals surface area (Å²) in [5.74, 6) is -0.491. The van der Waals surface area contributed by atoms with Gasteiger partial charge in [0.05, 0.1) is 11.9 Å². The average Bonchev–Trinajstić information content (AvgIpc) is 2.76. The number of nitrogens with zero attached hydrogens (tertiary/aromatic N) is 2. The van der Waals surface area contributed by atoms with Crippen molar-refractivity contribution in [1.82, 2.24) is 10.2 Å². The molecule has 7 nitrogen and oxygen atoms in total. The fourth-order valence-corrected chi connectivity index (χ4v) is 5.08. The van der Waals surface area contributed by atoms with Gasteiger partial charge >= 0.3 is 0 Å². The second-order valence-corrected chi connectivity index (χ2v) is 11.4. The number of sulfonamides is 1. The Morgan fingerprint density at radius 1 is 1.06 bits per heavy atom. The van der Waals surface area contributed by atoms with Gasteiger partial charge in [0.2, 0.25) is 21.8 Å². The highest BCUT2D eigenvalue weighted by atomic mass is 35.5. The van der Waals surface area contributed by atoms with Crippen molar-refractivity contribution in [1.29, 1.82) is 0 Å². The number of hydrogen-bond acceptors (Lipinski definition) is 4. The van der Waals surface area contributed by atoms with Gasteiger partial charge in [0.15, 0.2) is 0 Å². The smallest absolute Gasteiger partial charge is 0.243 e. The van der Waals surface area contributed by atoms with Crippen LogP contribution in [0, 0.1) is 0 Å². The maximum Gasteiger partial charge on any atom is 0.243 e. The van der Waals surface area contributed by atoms with Gasteiger partial charge in [-0.25, -0.2) is 8.42 Å². The molecule has 2 rings (SSSR count). The molecule has 0 aliphatic heterocycles. The lowest BCUT2D eigenvalue weighted by Crippen LogP contribution is -2.50. The molecule has 0 fully saturated rings. The minimum Gasteiger partial charge on any atom is -0.352 e. The van der Waals surface area contributed by atoms with Crippen LogP contribution < -0.4 is 9.62 Å². The molecule has 0 heterocycles. The van der Waals surface area contributed by atoms with E-state index >= 15 is 0 Å². The highest BCUT2D eigenvalue weighted by Gasteiger charge is 2.29. The maximum absolute atomic E-state index is 13.4. The third-order valence-electron chi connectivity index (χ3n) is 5.36. The number of amides is 2. The third kappa shape index (κ3) is 8.70. The highest BCUT2D eigenvalue weighted by Crippen LogP contribution is 2.24. The molecule has 0 aliphatic carbocycles. The molecule has 0 aliphatic rings. The molecule has 10 heteroatoms. The van der Waals surface area contributed by atoms with Gasteiger partial charge in [0, 0.05) is 35.6 Å². The molecule has 0 spiro atoms. The van der Waals surface area contributed by atoms with Crippen LogP contribution in [0.5, 0.6) is 0 Å². The van der Waals surface area contributed by atoms with E-state index < -0.39 is 16.1 Å². The highest BCUT2D eigenvalue weighted by molar-refractivity contribution is 7.92. The molecule has 1 atom stereocenters. The first-order valence-electron chi connectivity index (χ1n) is 11.5. The van der Waals surface area contributed by atoms with E-state index in [-0.39, 0.29) is 43.8 Å². The monoisotopic (exact) mass is 541 g/mol. The summed E-state index contributed by atoms with van der Waals surface area (Å²) in [5, 5.41) is 3.81. The van der Waals surface area contributed by atoms with Crippen molar-refractivity contribution in [2.75, 3.05) is 17.1 Å². The van der Waals surface area contributed by atoms with Crippen LogP contribution in [-0.4, -0.2) is 50.0 Å². The van der Waals surface area contributed by atoms with Gasteiger partial charge < -0.3 is 10.2 Å². The van der Waals surface area contributed by atoms with Crippen LogP contribution in [0.15, 0.2) is 48.5 Å². The summed E-state index contributed by atoms with van der Waals surface area (Å²) in [7, 11) is -3.59. The first-order chi connectivity index (χ1) is 16.4. The second-order valence-electron chi connectivity index (χ2n) is 8.62. The Morgan fingerprint density at radius 2 is 1.74 bits per heavy atom. The molecule has 0 aromatic heterocycles. The molecule has 2 aromatic rings. The Kier molecular flexibility index (Phi) is 10.9. The van der Waals surface area contributed by atoms with Gasteiger partial charge in [-0.2, -0.15) is 0 Å². The van der Waals surface area contributed by atoms with Crippen LogP contribution in [0.1, 0.15) is 45.6 Å². The van der Waals surface area contributed by atoms with Crippen molar-refractivity contribution in [3.8, 4) is 0 Å². The summed E-state index contributed by atoms with van der Waals surface area (Å²) in [5.41, 5.74) is 1.16. The van der Waals surface area contributed by atoms with Gasteiger partial charge in [0.25, 0.3) is 0 Å². The lowest BCUT2D eigenvalue weighted by atomic mass is 10.1. The number of carbonyl (C=O) groups excluding carboxylic acids is 2. The minimum absolute atomic E-state index is 0.0580. The van der Waals surface area contributed by atoms with Crippen LogP contribution in [0.3, 0.4) is 0 Å². The van der Waals surface area contributed by atoms with Crippen LogP contribution in [0.2, 0.25) is 10.0 Å². The van der Waals surface area contributed by atoms with Crippen molar-refractivity contribution in [3.05, 3.63) is 64.1 Å². The molecular weight excluding hydrogens is 509 g/mol. The number of nitrogens with one attached hydrogen (secondary N) is 1. The molecule has 1 unspecified atom stereocenters. The number of carbonyl (C=O) groups is 2. The Bertz CT molecular complexity index is 1130. The largest absolute Gasteiger partial charge is 0.352 e. The lowest BCUT2D eigenvalue weighted by molar-refractivity contribution is -0.141. The first kappa shape index (κ1) is 28.9. The Labute approximate surface area is 218 Å². The molecule has 0 saturated heterocycles. The fourth-order valence-electron chi connectivity index (χ4n) is 3.75. The van der Waals surface area contributed by atoms with Crippen LogP contribution in [-0.2, 0) is 26.2 Å². The first-order valence-corrected chi connectivity index (χ1v) is 14.1. The Balaban J connectivity index is 2.23. The van der Waals surface area contributed by atoms with Crippen molar-refractivity contribution in [2.24, 2.45) is 0 Å². The van der Waals surface area contributed by atoms with Crippen molar-refractivity contribution in [3.63, 3.8) is 0 Å². The minimum atomic E-state index is -3.59. The average molecular weight is 543 g/mol. The fraction of sp³-hybridized carbons (Fsp3) is 0.440. The van der Waals surface area contributed by atoms with E-state index in [2.05, 4.69) is 5.32 Å². The Hall–Kier alpha value is -2.29. The Morgan fingerprint density at radius 3 is 2.31 bits per heavy atom. The van der Waals surface area contributed by atoms with Crippen LogP contribution in [0.25, 0.3) is 0 Å². The summed E-state index contributed by atoms with van der Waals surface area (Å²) < 4.78 is 26.0. The predicted molar refractivity (Wildman–Crippen MR) is 142 cm³/mol. The van der Waals surface area contributed by atoms with Crippen molar-refractivity contribution < 1.29 is 18.0 Å². The summed E-state index contributed by atoms with van der Waals surface area (Å²) in [4.78, 5) is 27.8. The van der Waals surface area contributed by atoms with Crippen LogP contribution in [0.4, 0.5) is 5.69 Å². The van der Waals surface area contributed by atoms with E-state index in [1.807, 2.05) is 32.9 Å². The quantitative estimate of drug-likeness (QED) is 0.415. The number of benzene rings is 2. The summed E-state index contributed by atoms with van der Waals surface area (Å²) in [6, 6.07) is 13.0. The molecular formula is C25H33Cl2N3O4S. The molecule has 0 saturated carbocycles. The topological polar surface area (TPSA) is 86.8 Å². The van der Waals surface area contributed by atoms with E-state index in [1.165, 1.54) is 9.21 Å². The third-order valence-corrected chi connectivity index (χ3v) is 7.16. The van der Waals surface area contributed by atoms with E-state index in [1.54, 1.807) is 36.4 Å². The molecule has 0 bridgehead atoms. The normalized spacial score (nSPS) is 12.3. The van der Waals surface area contributed by atoms with Crippen molar-refractivity contribution >= 4 is 50.7 Å². The molecule has 192 valence electrons. The maximum atomic E-state index is 13.4. The summed E-state index contributed by atoms with van der Waals surface area (Å²) in [6.45, 7) is 5.84. The number of hydrogen-bond donors (Lipinski definition) is 1. The molecule has 0 radical (unpaired) electrons. The SMILES string of the molecule is CCC(C(=O)NC(C)C)N(Cc1ccccc1Cl)C(=O)CCCN(c1cccc(Cl)c1)S(C)(=O)=O. The van der Waals surface area contributed by atoms with Crippen LogP contribution >= 0.6 is 23.2 Å². The van der Waals surface area contributed by atoms with E-state index in [0.717, 1.165) is 11.8 Å². The number of halogens is 2. The zero-order chi connectivity index (χ0) is 26.2. The summed E-state index contributed by atoms with van der Waals surface area (Å²) in [6.07, 6.45) is 1.86. The number of anilines is 1. The van der Waals surface area contributed by atoms with Gasteiger partial charge in [-0.1, -0.05) is 54.4 Å². The standard InChI is InChI=1S/C25H33Cl2N3O4S/c1-5-23(25(32)28-18(2)3)29(17-19-10-6-7-13-22(19)27)24(31)14-9-15-30(35(4,33)34)21-12-8-11-20(26)16-21/h6-8,10-13,16,18,23H,5,9,14-15,17H2,1-4H3,(H,28,32). The summed E-state index contributed by atoms with van der Waals surface area (Å²) >= 11 is 12.4. The zero-order valence-electron chi connectivity index (χ0n) is 20.5. The van der Waals surface area contributed by atoms with E-state index in [9.17, 15) is 18.0 Å².